The molecule has 3 nitrogen and oxygen atoms in total. The maximum atomic E-state index is 5.79. The van der Waals surface area contributed by atoms with E-state index in [2.05, 4.69) is 55.3 Å². The number of rotatable bonds is 3. The average Bonchev–Trinajstić information content (AvgIpc) is 2.38. The molecule has 3 heteroatoms. The third-order valence-corrected chi connectivity index (χ3v) is 3.62. The molecule has 106 valence electrons. The number of ether oxygens (including phenoxy) is 1. The number of nitrogens with zero attached hydrogens (tertiary/aromatic N) is 1. The van der Waals surface area contributed by atoms with Crippen LogP contribution in [0.3, 0.4) is 0 Å². The van der Waals surface area contributed by atoms with E-state index in [-0.39, 0.29) is 11.5 Å². The van der Waals surface area contributed by atoms with E-state index in [1.54, 1.807) is 0 Å². The number of morpholine rings is 1. The van der Waals surface area contributed by atoms with Gasteiger partial charge in [0.2, 0.25) is 0 Å². The van der Waals surface area contributed by atoms with Crippen LogP contribution in [0.2, 0.25) is 0 Å². The molecule has 1 saturated heterocycles. The van der Waals surface area contributed by atoms with Crippen molar-refractivity contribution in [2.24, 2.45) is 0 Å². The summed E-state index contributed by atoms with van der Waals surface area (Å²) in [6, 6.07) is 8.75. The Labute approximate surface area is 116 Å². The van der Waals surface area contributed by atoms with Crippen LogP contribution in [0.5, 0.6) is 0 Å². The van der Waals surface area contributed by atoms with Gasteiger partial charge in [0, 0.05) is 25.3 Å². The van der Waals surface area contributed by atoms with E-state index in [1.807, 2.05) is 7.05 Å². The van der Waals surface area contributed by atoms with Crippen LogP contribution < -0.4 is 10.2 Å². The van der Waals surface area contributed by atoms with Crippen LogP contribution >= 0.6 is 0 Å². The van der Waals surface area contributed by atoms with Gasteiger partial charge in [0.05, 0.1) is 12.7 Å². The third-order valence-electron chi connectivity index (χ3n) is 3.62. The molecule has 1 atom stereocenters. The van der Waals surface area contributed by atoms with E-state index in [4.69, 9.17) is 4.74 Å². The molecule has 1 aliphatic heterocycles. The van der Waals surface area contributed by atoms with Crippen molar-refractivity contribution in [2.75, 3.05) is 38.2 Å². The Morgan fingerprint density at radius 2 is 2.05 bits per heavy atom. The average molecular weight is 262 g/mol. The molecule has 0 aromatic heterocycles. The summed E-state index contributed by atoms with van der Waals surface area (Å²) in [5.41, 5.74) is 2.95. The normalized spacial score (nSPS) is 20.6. The van der Waals surface area contributed by atoms with E-state index >= 15 is 0 Å². The lowest BCUT2D eigenvalue weighted by molar-refractivity contribution is 0.0420. The molecule has 1 unspecified atom stereocenters. The summed E-state index contributed by atoms with van der Waals surface area (Å²) in [6.45, 7) is 10.5. The SMILES string of the molecule is CNCC1CN(c2ccccc2C(C)(C)C)CCO1. The van der Waals surface area contributed by atoms with E-state index < -0.39 is 0 Å². The molecule has 0 radical (unpaired) electrons. The third kappa shape index (κ3) is 3.48. The standard InChI is InChI=1S/C16H26N2O/c1-16(2,3)14-7-5-6-8-15(14)18-9-10-19-13(12-18)11-17-4/h5-8,13,17H,9-12H2,1-4H3. The summed E-state index contributed by atoms with van der Waals surface area (Å²) < 4.78 is 5.79. The van der Waals surface area contributed by atoms with Crippen molar-refractivity contribution in [2.45, 2.75) is 32.3 Å². The maximum absolute atomic E-state index is 5.79. The zero-order valence-corrected chi connectivity index (χ0v) is 12.6. The van der Waals surface area contributed by atoms with Gasteiger partial charge in [-0.25, -0.2) is 0 Å². The molecule has 19 heavy (non-hydrogen) atoms. The fourth-order valence-corrected chi connectivity index (χ4v) is 2.67. The number of hydrogen-bond acceptors (Lipinski definition) is 3. The fraction of sp³-hybridized carbons (Fsp3) is 0.625. The van der Waals surface area contributed by atoms with Crippen LogP contribution in [-0.2, 0) is 10.2 Å². The number of hydrogen-bond donors (Lipinski definition) is 1. The van der Waals surface area contributed by atoms with Crippen LogP contribution in [0.4, 0.5) is 5.69 Å². The minimum absolute atomic E-state index is 0.174. The van der Waals surface area contributed by atoms with Gasteiger partial charge in [0.25, 0.3) is 0 Å². The van der Waals surface area contributed by atoms with Crippen LogP contribution in [-0.4, -0.2) is 39.4 Å². The van der Waals surface area contributed by atoms with Gasteiger partial charge in [-0.1, -0.05) is 39.0 Å². The highest BCUT2D eigenvalue weighted by atomic mass is 16.5. The Balaban J connectivity index is 2.21. The van der Waals surface area contributed by atoms with Gasteiger partial charge in [-0.3, -0.25) is 0 Å². The van der Waals surface area contributed by atoms with Crippen molar-refractivity contribution in [3.8, 4) is 0 Å². The quantitative estimate of drug-likeness (QED) is 0.905. The second kappa shape index (κ2) is 5.93. The van der Waals surface area contributed by atoms with Gasteiger partial charge in [-0.15, -0.1) is 0 Å². The Hall–Kier alpha value is -1.06. The predicted molar refractivity (Wildman–Crippen MR) is 81.0 cm³/mol. The van der Waals surface area contributed by atoms with E-state index in [0.717, 1.165) is 26.2 Å². The zero-order chi connectivity index (χ0) is 13.9. The minimum atomic E-state index is 0.174. The van der Waals surface area contributed by atoms with E-state index in [0.29, 0.717) is 0 Å². The highest BCUT2D eigenvalue weighted by Crippen LogP contribution is 2.32. The Kier molecular flexibility index (Phi) is 4.48. The van der Waals surface area contributed by atoms with Crippen LogP contribution in [0.1, 0.15) is 26.3 Å². The first-order chi connectivity index (χ1) is 9.02. The lowest BCUT2D eigenvalue weighted by Crippen LogP contribution is -2.46. The zero-order valence-electron chi connectivity index (χ0n) is 12.6. The molecule has 1 aromatic rings. The summed E-state index contributed by atoms with van der Waals surface area (Å²) >= 11 is 0. The van der Waals surface area contributed by atoms with Gasteiger partial charge < -0.3 is 15.0 Å². The van der Waals surface area contributed by atoms with Crippen molar-refractivity contribution in [1.82, 2.24) is 5.32 Å². The smallest absolute Gasteiger partial charge is 0.0874 e. The van der Waals surface area contributed by atoms with E-state index in [1.165, 1.54) is 11.3 Å². The lowest BCUT2D eigenvalue weighted by atomic mass is 9.85. The fourth-order valence-electron chi connectivity index (χ4n) is 2.67. The highest BCUT2D eigenvalue weighted by molar-refractivity contribution is 5.56. The molecule has 0 saturated carbocycles. The monoisotopic (exact) mass is 262 g/mol. The first kappa shape index (κ1) is 14.4. The number of para-hydroxylation sites is 1. The highest BCUT2D eigenvalue weighted by Gasteiger charge is 2.25. The molecular weight excluding hydrogens is 236 g/mol. The summed E-state index contributed by atoms with van der Waals surface area (Å²) in [5.74, 6) is 0. The Morgan fingerprint density at radius 3 is 2.74 bits per heavy atom. The van der Waals surface area contributed by atoms with Crippen molar-refractivity contribution < 1.29 is 4.74 Å². The molecule has 1 fully saturated rings. The van der Waals surface area contributed by atoms with Gasteiger partial charge in [0.15, 0.2) is 0 Å². The molecule has 1 heterocycles. The molecule has 1 aliphatic rings. The predicted octanol–water partition coefficient (Wildman–Crippen LogP) is 2.41. The molecular formula is C16H26N2O. The molecule has 0 amide bonds. The van der Waals surface area contributed by atoms with Crippen LogP contribution in [0, 0.1) is 0 Å². The van der Waals surface area contributed by atoms with Gasteiger partial charge in [0.1, 0.15) is 0 Å². The van der Waals surface area contributed by atoms with E-state index in [9.17, 15) is 0 Å². The minimum Gasteiger partial charge on any atom is -0.373 e. The molecule has 0 spiro atoms. The number of likely N-dealkylation sites (N-methyl/N-ethyl adjacent to an activating group) is 1. The summed E-state index contributed by atoms with van der Waals surface area (Å²) in [6.07, 6.45) is 0.284. The van der Waals surface area contributed by atoms with Crippen molar-refractivity contribution in [3.63, 3.8) is 0 Å². The largest absolute Gasteiger partial charge is 0.373 e. The van der Waals surface area contributed by atoms with Crippen molar-refractivity contribution >= 4 is 5.69 Å². The topological polar surface area (TPSA) is 24.5 Å². The van der Waals surface area contributed by atoms with Crippen molar-refractivity contribution in [3.05, 3.63) is 29.8 Å². The van der Waals surface area contributed by atoms with Gasteiger partial charge in [-0.2, -0.15) is 0 Å². The maximum Gasteiger partial charge on any atom is 0.0874 e. The first-order valence-corrected chi connectivity index (χ1v) is 7.13. The number of benzene rings is 1. The number of nitrogens with one attached hydrogen (secondary N) is 1. The Morgan fingerprint density at radius 1 is 1.32 bits per heavy atom. The molecule has 2 rings (SSSR count). The first-order valence-electron chi connectivity index (χ1n) is 7.13. The molecule has 1 aromatic carbocycles. The van der Waals surface area contributed by atoms with Crippen LogP contribution in [0.25, 0.3) is 0 Å². The van der Waals surface area contributed by atoms with Crippen molar-refractivity contribution in [1.29, 1.82) is 0 Å². The molecule has 1 N–H and O–H groups in total. The molecule has 0 aliphatic carbocycles. The second-order valence-electron chi connectivity index (χ2n) is 6.26. The van der Waals surface area contributed by atoms with Crippen LogP contribution in [0.15, 0.2) is 24.3 Å². The summed E-state index contributed by atoms with van der Waals surface area (Å²) in [7, 11) is 1.98. The van der Waals surface area contributed by atoms with Gasteiger partial charge >= 0.3 is 0 Å². The summed E-state index contributed by atoms with van der Waals surface area (Å²) in [5, 5.41) is 3.20. The van der Waals surface area contributed by atoms with Gasteiger partial charge in [-0.05, 0) is 24.1 Å². The second-order valence-corrected chi connectivity index (χ2v) is 6.26. The lowest BCUT2D eigenvalue weighted by Gasteiger charge is -2.37. The molecule has 0 bridgehead atoms. The number of anilines is 1. The Bertz CT molecular complexity index is 409. The summed E-state index contributed by atoms with van der Waals surface area (Å²) in [4.78, 5) is 2.46.